The Morgan fingerprint density at radius 1 is 1.45 bits per heavy atom. The molecule has 0 aromatic heterocycles. The van der Waals surface area contributed by atoms with Crippen LogP contribution in [0.4, 0.5) is 0 Å². The fourth-order valence-electron chi connectivity index (χ4n) is 0.832. The first kappa shape index (κ1) is 9.40. The summed E-state index contributed by atoms with van der Waals surface area (Å²) >= 11 is 4.26. The maximum absolute atomic E-state index is 5.56. The lowest BCUT2D eigenvalue weighted by molar-refractivity contribution is 0.0666. The van der Waals surface area contributed by atoms with E-state index in [1.54, 1.807) is 0 Å². The van der Waals surface area contributed by atoms with Gasteiger partial charge in [-0.05, 0) is 29.9 Å². The minimum atomic E-state index is 0.248. The number of thiol groups is 1. The van der Waals surface area contributed by atoms with Gasteiger partial charge in [0, 0.05) is 6.61 Å². The maximum atomic E-state index is 5.56. The van der Waals surface area contributed by atoms with Gasteiger partial charge in [0.25, 0.3) is 0 Å². The van der Waals surface area contributed by atoms with Crippen LogP contribution in [0.25, 0.3) is 0 Å². The van der Waals surface area contributed by atoms with Crippen molar-refractivity contribution in [2.75, 3.05) is 19.0 Å². The molecule has 1 aliphatic rings. The molecule has 0 saturated heterocycles. The van der Waals surface area contributed by atoms with Crippen LogP contribution in [-0.2, 0) is 4.74 Å². The smallest absolute Gasteiger partial charge is 0.0525 e. The molecule has 0 unspecified atom stereocenters. The van der Waals surface area contributed by atoms with Crippen molar-refractivity contribution in [3.63, 3.8) is 0 Å². The van der Waals surface area contributed by atoms with E-state index >= 15 is 0 Å². The van der Waals surface area contributed by atoms with Gasteiger partial charge in [-0.15, -0.1) is 0 Å². The highest BCUT2D eigenvalue weighted by molar-refractivity contribution is 7.80. The predicted molar refractivity (Wildman–Crippen MR) is 51.2 cm³/mol. The second-order valence-corrected chi connectivity index (χ2v) is 4.60. The summed E-state index contributed by atoms with van der Waals surface area (Å²) in [5.41, 5.74) is 0.248. The Balaban J connectivity index is 1.99. The van der Waals surface area contributed by atoms with Crippen molar-refractivity contribution < 1.29 is 4.74 Å². The number of hydrogen-bond acceptors (Lipinski definition) is 2. The molecular formula is C9H18OS. The number of hydrogen-bond donors (Lipinski definition) is 1. The fourth-order valence-corrected chi connectivity index (χ4v) is 0.923. The largest absolute Gasteiger partial charge is 0.381 e. The van der Waals surface area contributed by atoms with Crippen LogP contribution >= 0.6 is 12.6 Å². The van der Waals surface area contributed by atoms with E-state index in [4.69, 9.17) is 4.74 Å². The first-order valence-electron chi connectivity index (χ1n) is 4.33. The molecule has 1 rings (SSSR count). The molecule has 0 spiro atoms. The Labute approximate surface area is 74.9 Å². The number of rotatable bonds is 5. The van der Waals surface area contributed by atoms with Gasteiger partial charge in [0.05, 0.1) is 6.61 Å². The van der Waals surface area contributed by atoms with Crippen molar-refractivity contribution in [2.24, 2.45) is 11.3 Å². The van der Waals surface area contributed by atoms with Crippen LogP contribution < -0.4 is 0 Å². The van der Waals surface area contributed by atoms with Crippen molar-refractivity contribution in [1.82, 2.24) is 0 Å². The van der Waals surface area contributed by atoms with Crippen molar-refractivity contribution in [3.05, 3.63) is 0 Å². The minimum absolute atomic E-state index is 0.248. The van der Waals surface area contributed by atoms with Crippen LogP contribution in [0.1, 0.15) is 26.7 Å². The van der Waals surface area contributed by atoms with E-state index in [1.165, 1.54) is 12.8 Å². The average molecular weight is 174 g/mol. The highest BCUT2D eigenvalue weighted by Gasteiger charge is 2.23. The van der Waals surface area contributed by atoms with Crippen molar-refractivity contribution in [2.45, 2.75) is 26.7 Å². The summed E-state index contributed by atoms with van der Waals surface area (Å²) in [6, 6.07) is 0. The number of ether oxygens (including phenoxy) is 1. The third-order valence-corrected chi connectivity index (χ3v) is 2.83. The van der Waals surface area contributed by atoms with Gasteiger partial charge in [-0.3, -0.25) is 0 Å². The molecule has 0 radical (unpaired) electrons. The zero-order chi connectivity index (χ0) is 8.32. The molecule has 2 heteroatoms. The first-order chi connectivity index (χ1) is 5.14. The fraction of sp³-hybridized carbons (Fsp3) is 1.00. The van der Waals surface area contributed by atoms with Crippen molar-refractivity contribution in [1.29, 1.82) is 0 Å². The van der Waals surface area contributed by atoms with Gasteiger partial charge in [0.1, 0.15) is 0 Å². The van der Waals surface area contributed by atoms with E-state index in [-0.39, 0.29) is 5.41 Å². The Morgan fingerprint density at radius 3 is 2.55 bits per heavy atom. The van der Waals surface area contributed by atoms with Crippen LogP contribution in [0, 0.1) is 11.3 Å². The molecule has 0 aliphatic heterocycles. The molecule has 0 aromatic carbocycles. The van der Waals surface area contributed by atoms with Crippen LogP contribution in [-0.4, -0.2) is 19.0 Å². The Bertz CT molecular complexity index is 119. The first-order valence-corrected chi connectivity index (χ1v) is 4.96. The molecule has 0 aromatic rings. The third-order valence-electron chi connectivity index (χ3n) is 1.97. The monoisotopic (exact) mass is 174 g/mol. The second-order valence-electron chi connectivity index (χ2n) is 4.28. The third kappa shape index (κ3) is 4.02. The predicted octanol–water partition coefficient (Wildman–Crippen LogP) is 2.37. The topological polar surface area (TPSA) is 9.23 Å². The van der Waals surface area contributed by atoms with E-state index in [1.807, 2.05) is 0 Å². The van der Waals surface area contributed by atoms with Gasteiger partial charge in [0.15, 0.2) is 0 Å². The summed E-state index contributed by atoms with van der Waals surface area (Å²) in [5.74, 6) is 1.78. The van der Waals surface area contributed by atoms with E-state index < -0.39 is 0 Å². The molecule has 1 saturated carbocycles. The summed E-state index contributed by atoms with van der Waals surface area (Å²) in [5, 5.41) is 0. The molecule has 1 aliphatic carbocycles. The standard InChI is InChI=1S/C9H18OS/c1-9(2,7-11)6-10-5-8-3-4-8/h8,11H,3-7H2,1-2H3. The summed E-state index contributed by atoms with van der Waals surface area (Å²) in [6.07, 6.45) is 2.75. The zero-order valence-electron chi connectivity index (χ0n) is 7.47. The molecule has 0 heterocycles. The maximum Gasteiger partial charge on any atom is 0.0525 e. The lowest BCUT2D eigenvalue weighted by atomic mass is 9.98. The Kier molecular flexibility index (Phi) is 3.26. The summed E-state index contributed by atoms with van der Waals surface area (Å²) < 4.78 is 5.56. The van der Waals surface area contributed by atoms with Gasteiger partial charge < -0.3 is 4.74 Å². The lowest BCUT2D eigenvalue weighted by Gasteiger charge is -2.21. The lowest BCUT2D eigenvalue weighted by Crippen LogP contribution is -2.21. The summed E-state index contributed by atoms with van der Waals surface area (Å²) in [6.45, 7) is 6.20. The highest BCUT2D eigenvalue weighted by Crippen LogP contribution is 2.29. The summed E-state index contributed by atoms with van der Waals surface area (Å²) in [4.78, 5) is 0. The van der Waals surface area contributed by atoms with Crippen LogP contribution in [0.5, 0.6) is 0 Å². The summed E-state index contributed by atoms with van der Waals surface area (Å²) in [7, 11) is 0. The van der Waals surface area contributed by atoms with E-state index in [2.05, 4.69) is 26.5 Å². The molecule has 1 nitrogen and oxygen atoms in total. The van der Waals surface area contributed by atoms with Crippen molar-refractivity contribution >= 4 is 12.6 Å². The van der Waals surface area contributed by atoms with Gasteiger partial charge in [-0.25, -0.2) is 0 Å². The Morgan fingerprint density at radius 2 is 2.09 bits per heavy atom. The molecule has 66 valence electrons. The molecule has 0 amide bonds. The van der Waals surface area contributed by atoms with E-state index in [0.717, 1.165) is 24.9 Å². The van der Waals surface area contributed by atoms with E-state index in [0.29, 0.717) is 0 Å². The van der Waals surface area contributed by atoms with Gasteiger partial charge in [0.2, 0.25) is 0 Å². The molecular weight excluding hydrogens is 156 g/mol. The van der Waals surface area contributed by atoms with Gasteiger partial charge >= 0.3 is 0 Å². The molecule has 0 N–H and O–H groups in total. The zero-order valence-corrected chi connectivity index (χ0v) is 8.36. The van der Waals surface area contributed by atoms with Gasteiger partial charge in [-0.2, -0.15) is 12.6 Å². The van der Waals surface area contributed by atoms with Gasteiger partial charge in [-0.1, -0.05) is 13.8 Å². The van der Waals surface area contributed by atoms with Crippen LogP contribution in [0.3, 0.4) is 0 Å². The molecule has 1 fully saturated rings. The van der Waals surface area contributed by atoms with Crippen LogP contribution in [0.15, 0.2) is 0 Å². The average Bonchev–Trinajstić information content (AvgIpc) is 2.71. The van der Waals surface area contributed by atoms with Crippen molar-refractivity contribution in [3.8, 4) is 0 Å². The molecule has 0 bridgehead atoms. The van der Waals surface area contributed by atoms with Crippen LogP contribution in [0.2, 0.25) is 0 Å². The molecule has 11 heavy (non-hydrogen) atoms. The van der Waals surface area contributed by atoms with E-state index in [9.17, 15) is 0 Å². The SMILES string of the molecule is CC(C)(CS)COCC1CC1. The minimum Gasteiger partial charge on any atom is -0.381 e. The highest BCUT2D eigenvalue weighted by atomic mass is 32.1. The Hall–Kier alpha value is 0.310. The normalized spacial score (nSPS) is 18.8. The quantitative estimate of drug-likeness (QED) is 0.630. The molecule has 0 atom stereocenters. The second kappa shape index (κ2) is 3.81.